The molecule has 2 aromatic rings. The van der Waals surface area contributed by atoms with E-state index in [9.17, 15) is 13.5 Å². The summed E-state index contributed by atoms with van der Waals surface area (Å²) in [6.45, 7) is 1.78. The smallest absolute Gasteiger partial charge is 0.280 e. The van der Waals surface area contributed by atoms with Gasteiger partial charge >= 0.3 is 0 Å². The number of nitrogens with one attached hydrogen (secondary N) is 1. The molecule has 0 atom stereocenters. The molecule has 0 saturated heterocycles. The van der Waals surface area contributed by atoms with Crippen molar-refractivity contribution in [3.05, 3.63) is 53.6 Å². The summed E-state index contributed by atoms with van der Waals surface area (Å²) in [5.41, 5.74) is 1.19. The molecule has 0 aliphatic rings. The van der Waals surface area contributed by atoms with Gasteiger partial charge < -0.3 is 9.84 Å². The second kappa shape index (κ2) is 6.48. The van der Waals surface area contributed by atoms with E-state index in [-0.39, 0.29) is 16.4 Å². The highest BCUT2D eigenvalue weighted by Crippen LogP contribution is 2.24. The van der Waals surface area contributed by atoms with Crippen molar-refractivity contribution in [2.45, 2.75) is 11.8 Å². The van der Waals surface area contributed by atoms with Crippen LogP contribution in [0.2, 0.25) is 0 Å². The molecule has 0 heterocycles. The van der Waals surface area contributed by atoms with Crippen LogP contribution in [0.3, 0.4) is 0 Å². The molecule has 7 heteroatoms. The molecule has 2 rings (SSSR count). The Kier molecular flexibility index (Phi) is 4.67. The number of methoxy groups -OCH3 is 1. The zero-order valence-electron chi connectivity index (χ0n) is 12.1. The molecule has 0 fully saturated rings. The molecule has 6 nitrogen and oxygen atoms in total. The summed E-state index contributed by atoms with van der Waals surface area (Å²) in [6, 6.07) is 11.3. The number of ether oxygens (including phenoxy) is 1. The Morgan fingerprint density at radius 2 is 1.95 bits per heavy atom. The van der Waals surface area contributed by atoms with Crippen molar-refractivity contribution in [2.75, 3.05) is 7.11 Å². The SMILES string of the molecule is COc1ccc(C)cc1S(=O)(=O)N/N=C/c1ccccc1O. The van der Waals surface area contributed by atoms with Crippen LogP contribution in [0.5, 0.6) is 11.5 Å². The van der Waals surface area contributed by atoms with Crippen molar-refractivity contribution < 1.29 is 18.3 Å². The Balaban J connectivity index is 2.25. The van der Waals surface area contributed by atoms with E-state index in [1.807, 2.05) is 0 Å². The van der Waals surface area contributed by atoms with Crippen molar-refractivity contribution >= 4 is 16.2 Å². The summed E-state index contributed by atoms with van der Waals surface area (Å²) >= 11 is 0. The minimum Gasteiger partial charge on any atom is -0.507 e. The van der Waals surface area contributed by atoms with Gasteiger partial charge in [0.1, 0.15) is 16.4 Å². The Morgan fingerprint density at radius 3 is 2.64 bits per heavy atom. The summed E-state index contributed by atoms with van der Waals surface area (Å²) in [7, 11) is -2.47. The van der Waals surface area contributed by atoms with Crippen LogP contribution >= 0.6 is 0 Å². The number of aromatic hydroxyl groups is 1. The third-order valence-electron chi connectivity index (χ3n) is 2.92. The first-order valence-electron chi connectivity index (χ1n) is 6.41. The molecule has 2 N–H and O–H groups in total. The van der Waals surface area contributed by atoms with Gasteiger partial charge in [-0.15, -0.1) is 0 Å². The molecule has 0 amide bonds. The molecule has 116 valence electrons. The molecule has 0 bridgehead atoms. The number of hydrogen-bond acceptors (Lipinski definition) is 5. The van der Waals surface area contributed by atoms with Crippen LogP contribution in [0.25, 0.3) is 0 Å². The van der Waals surface area contributed by atoms with Gasteiger partial charge in [0.05, 0.1) is 13.3 Å². The van der Waals surface area contributed by atoms with Gasteiger partial charge in [-0.05, 0) is 36.8 Å². The number of phenols is 1. The number of sulfonamides is 1. The van der Waals surface area contributed by atoms with Gasteiger partial charge in [-0.25, -0.2) is 0 Å². The van der Waals surface area contributed by atoms with Crippen molar-refractivity contribution in [2.24, 2.45) is 5.10 Å². The number of para-hydroxylation sites is 1. The number of nitrogens with zero attached hydrogens (tertiary/aromatic N) is 1. The Bertz CT molecular complexity index is 801. The van der Waals surface area contributed by atoms with Gasteiger partial charge in [-0.2, -0.15) is 18.4 Å². The first kappa shape index (κ1) is 15.8. The molecule has 0 aliphatic carbocycles. The molecule has 0 saturated carbocycles. The highest BCUT2D eigenvalue weighted by molar-refractivity contribution is 7.89. The lowest BCUT2D eigenvalue weighted by atomic mass is 10.2. The Labute approximate surface area is 129 Å². The summed E-state index contributed by atoms with van der Waals surface area (Å²) in [6.07, 6.45) is 1.23. The number of phenolic OH excluding ortho intramolecular Hbond substituents is 1. The van der Waals surface area contributed by atoms with Crippen LogP contribution in [0, 0.1) is 6.92 Å². The zero-order valence-corrected chi connectivity index (χ0v) is 13.0. The van der Waals surface area contributed by atoms with Gasteiger partial charge in [-0.1, -0.05) is 18.2 Å². The van der Waals surface area contributed by atoms with Crippen LogP contribution in [0.15, 0.2) is 52.5 Å². The lowest BCUT2D eigenvalue weighted by molar-refractivity contribution is 0.402. The van der Waals surface area contributed by atoms with E-state index in [4.69, 9.17) is 4.74 Å². The molecule has 0 aliphatic heterocycles. The summed E-state index contributed by atoms with van der Waals surface area (Å²) in [4.78, 5) is 2.11. The van der Waals surface area contributed by atoms with E-state index in [0.717, 1.165) is 5.56 Å². The van der Waals surface area contributed by atoms with Crippen molar-refractivity contribution in [1.82, 2.24) is 4.83 Å². The zero-order chi connectivity index (χ0) is 16.2. The van der Waals surface area contributed by atoms with Crippen LogP contribution in [-0.2, 0) is 10.0 Å². The van der Waals surface area contributed by atoms with Gasteiger partial charge in [0.2, 0.25) is 0 Å². The highest BCUT2D eigenvalue weighted by atomic mass is 32.2. The van der Waals surface area contributed by atoms with E-state index >= 15 is 0 Å². The predicted octanol–water partition coefficient (Wildman–Crippen LogP) is 2.02. The fraction of sp³-hybridized carbons (Fsp3) is 0.133. The molecule has 0 spiro atoms. The standard InChI is InChI=1S/C15H16N2O4S/c1-11-7-8-14(21-2)15(9-11)22(19,20)17-16-10-12-5-3-4-6-13(12)18/h3-10,17-18H,1-2H3/b16-10+. The number of aryl methyl sites for hydroxylation is 1. The fourth-order valence-corrected chi connectivity index (χ4v) is 2.85. The largest absolute Gasteiger partial charge is 0.507 e. The third kappa shape index (κ3) is 3.56. The number of hydrogen-bond donors (Lipinski definition) is 2. The Hall–Kier alpha value is -2.54. The normalized spacial score (nSPS) is 11.5. The van der Waals surface area contributed by atoms with Crippen LogP contribution in [0.1, 0.15) is 11.1 Å². The summed E-state index contributed by atoms with van der Waals surface area (Å²) in [5, 5.41) is 13.3. The molecule has 22 heavy (non-hydrogen) atoms. The van der Waals surface area contributed by atoms with E-state index in [0.29, 0.717) is 5.56 Å². The maximum atomic E-state index is 12.3. The summed E-state index contributed by atoms with van der Waals surface area (Å²) in [5.74, 6) is 0.245. The van der Waals surface area contributed by atoms with E-state index < -0.39 is 10.0 Å². The fourth-order valence-electron chi connectivity index (χ4n) is 1.81. The van der Waals surface area contributed by atoms with E-state index in [1.54, 1.807) is 37.3 Å². The molecule has 0 unspecified atom stereocenters. The highest BCUT2D eigenvalue weighted by Gasteiger charge is 2.18. The van der Waals surface area contributed by atoms with Crippen LogP contribution < -0.4 is 9.57 Å². The van der Waals surface area contributed by atoms with Gasteiger partial charge in [0.15, 0.2) is 0 Å². The average Bonchev–Trinajstić information content (AvgIpc) is 2.49. The van der Waals surface area contributed by atoms with Crippen molar-refractivity contribution in [1.29, 1.82) is 0 Å². The third-order valence-corrected chi connectivity index (χ3v) is 4.17. The Morgan fingerprint density at radius 1 is 1.23 bits per heavy atom. The van der Waals surface area contributed by atoms with Crippen molar-refractivity contribution in [3.63, 3.8) is 0 Å². The molecular formula is C15H16N2O4S. The number of benzene rings is 2. The van der Waals surface area contributed by atoms with Crippen LogP contribution in [0.4, 0.5) is 0 Å². The van der Waals surface area contributed by atoms with E-state index in [2.05, 4.69) is 9.93 Å². The minimum absolute atomic E-state index is 0.00411. The lowest BCUT2D eigenvalue weighted by Gasteiger charge is -2.09. The molecule has 2 aromatic carbocycles. The first-order valence-corrected chi connectivity index (χ1v) is 7.90. The van der Waals surface area contributed by atoms with Crippen molar-refractivity contribution in [3.8, 4) is 11.5 Å². The molecule has 0 aromatic heterocycles. The quantitative estimate of drug-likeness (QED) is 0.652. The average molecular weight is 320 g/mol. The topological polar surface area (TPSA) is 88.0 Å². The molecule has 0 radical (unpaired) electrons. The first-order chi connectivity index (χ1) is 10.4. The van der Waals surface area contributed by atoms with Crippen LogP contribution in [-0.4, -0.2) is 26.8 Å². The maximum absolute atomic E-state index is 12.3. The maximum Gasteiger partial charge on any atom is 0.280 e. The monoisotopic (exact) mass is 320 g/mol. The number of hydrazone groups is 1. The van der Waals surface area contributed by atoms with Gasteiger partial charge in [-0.3, -0.25) is 0 Å². The number of rotatable bonds is 5. The van der Waals surface area contributed by atoms with E-state index in [1.165, 1.54) is 25.5 Å². The van der Waals surface area contributed by atoms with Gasteiger partial charge in [0.25, 0.3) is 10.0 Å². The summed E-state index contributed by atoms with van der Waals surface area (Å²) < 4.78 is 29.6. The second-order valence-corrected chi connectivity index (χ2v) is 6.20. The molecular weight excluding hydrogens is 304 g/mol. The lowest BCUT2D eigenvalue weighted by Crippen LogP contribution is -2.19. The second-order valence-electron chi connectivity index (χ2n) is 4.57. The van der Waals surface area contributed by atoms with Gasteiger partial charge in [0, 0.05) is 5.56 Å². The minimum atomic E-state index is -3.86. The predicted molar refractivity (Wildman–Crippen MR) is 83.8 cm³/mol.